The Morgan fingerprint density at radius 2 is 2.05 bits per heavy atom. The van der Waals surface area contributed by atoms with Crippen LogP contribution in [0.25, 0.3) is 0 Å². The smallest absolute Gasteiger partial charge is 0.115 e. The summed E-state index contributed by atoms with van der Waals surface area (Å²) in [5, 5.41) is 12.9. The molecule has 3 rings (SSSR count). The summed E-state index contributed by atoms with van der Waals surface area (Å²) >= 11 is 0. The van der Waals surface area contributed by atoms with Crippen molar-refractivity contribution < 1.29 is 5.11 Å². The first kappa shape index (κ1) is 12.9. The fourth-order valence-electron chi connectivity index (χ4n) is 3.21. The molecular weight excluding hydrogens is 238 g/mol. The van der Waals surface area contributed by atoms with Gasteiger partial charge in [-0.05, 0) is 24.1 Å². The number of phenolic OH excluding ortho intramolecular Hbond substituents is 1. The van der Waals surface area contributed by atoms with E-state index in [4.69, 9.17) is 0 Å². The van der Waals surface area contributed by atoms with Crippen molar-refractivity contribution in [3.63, 3.8) is 0 Å². The lowest BCUT2D eigenvalue weighted by Crippen LogP contribution is -2.49. The average molecular weight is 261 g/mol. The summed E-state index contributed by atoms with van der Waals surface area (Å²) in [6, 6.07) is 8.35. The maximum absolute atomic E-state index is 9.51. The molecule has 19 heavy (non-hydrogen) atoms. The van der Waals surface area contributed by atoms with Crippen molar-refractivity contribution in [1.29, 1.82) is 0 Å². The Morgan fingerprint density at radius 3 is 2.84 bits per heavy atom. The van der Waals surface area contributed by atoms with E-state index in [9.17, 15) is 5.11 Å². The first-order valence-corrected chi connectivity index (χ1v) is 7.26. The molecule has 2 N–H and O–H groups in total. The maximum atomic E-state index is 9.51. The predicted molar refractivity (Wildman–Crippen MR) is 76.2 cm³/mol. The number of nitrogens with one attached hydrogen (secondary N) is 1. The van der Waals surface area contributed by atoms with Gasteiger partial charge in [-0.3, -0.25) is 9.80 Å². The molecule has 0 saturated carbocycles. The summed E-state index contributed by atoms with van der Waals surface area (Å²) in [6.45, 7) is 7.91. The van der Waals surface area contributed by atoms with Gasteiger partial charge in [-0.15, -0.1) is 0 Å². The van der Waals surface area contributed by atoms with Crippen molar-refractivity contribution in [2.75, 3.05) is 39.3 Å². The van der Waals surface area contributed by atoms with Crippen LogP contribution in [0.2, 0.25) is 0 Å². The number of hydrogen-bond acceptors (Lipinski definition) is 4. The standard InChI is InChI=1S/C15H23N3O/c19-15-3-1-2-13(10-15)11-17-7-4-14(12-17)18-8-5-16-6-9-18/h1-3,10,14,16,19H,4-9,11-12H2. The molecule has 2 saturated heterocycles. The molecule has 1 atom stereocenters. The lowest BCUT2D eigenvalue weighted by atomic mass is 10.2. The summed E-state index contributed by atoms with van der Waals surface area (Å²) in [4.78, 5) is 5.13. The van der Waals surface area contributed by atoms with Crippen LogP contribution in [0.1, 0.15) is 12.0 Å². The summed E-state index contributed by atoms with van der Waals surface area (Å²) in [7, 11) is 0. The van der Waals surface area contributed by atoms with Crippen molar-refractivity contribution in [1.82, 2.24) is 15.1 Å². The first-order chi connectivity index (χ1) is 9.31. The van der Waals surface area contributed by atoms with Crippen LogP contribution in [0.3, 0.4) is 0 Å². The molecule has 4 nitrogen and oxygen atoms in total. The summed E-state index contributed by atoms with van der Waals surface area (Å²) in [6.07, 6.45) is 1.28. The SMILES string of the molecule is Oc1cccc(CN2CCC(N3CCNCC3)C2)c1. The topological polar surface area (TPSA) is 38.7 Å². The fourth-order valence-corrected chi connectivity index (χ4v) is 3.21. The second kappa shape index (κ2) is 5.90. The second-order valence-electron chi connectivity index (χ2n) is 5.63. The number of benzene rings is 1. The van der Waals surface area contributed by atoms with Crippen LogP contribution in [0.15, 0.2) is 24.3 Å². The molecule has 0 bridgehead atoms. The molecule has 0 amide bonds. The van der Waals surface area contributed by atoms with Crippen molar-refractivity contribution in [3.05, 3.63) is 29.8 Å². The van der Waals surface area contributed by atoms with Gasteiger partial charge in [0.05, 0.1) is 0 Å². The number of hydrogen-bond donors (Lipinski definition) is 2. The first-order valence-electron chi connectivity index (χ1n) is 7.26. The van der Waals surface area contributed by atoms with Crippen molar-refractivity contribution in [2.24, 2.45) is 0 Å². The molecule has 4 heteroatoms. The highest BCUT2D eigenvalue weighted by molar-refractivity contribution is 5.27. The van der Waals surface area contributed by atoms with Gasteiger partial charge in [-0.2, -0.15) is 0 Å². The van der Waals surface area contributed by atoms with Gasteiger partial charge < -0.3 is 10.4 Å². The lowest BCUT2D eigenvalue weighted by Gasteiger charge is -2.32. The number of phenols is 1. The Kier molecular flexibility index (Phi) is 4.01. The molecular formula is C15H23N3O. The van der Waals surface area contributed by atoms with Gasteiger partial charge >= 0.3 is 0 Å². The van der Waals surface area contributed by atoms with E-state index in [1.54, 1.807) is 6.07 Å². The maximum Gasteiger partial charge on any atom is 0.115 e. The van der Waals surface area contributed by atoms with Gasteiger partial charge in [0, 0.05) is 51.9 Å². The van der Waals surface area contributed by atoms with E-state index >= 15 is 0 Å². The molecule has 2 fully saturated rings. The predicted octanol–water partition coefficient (Wildman–Crippen LogP) is 0.872. The minimum atomic E-state index is 0.371. The highest BCUT2D eigenvalue weighted by Crippen LogP contribution is 2.20. The van der Waals surface area contributed by atoms with E-state index in [2.05, 4.69) is 21.2 Å². The zero-order valence-electron chi connectivity index (χ0n) is 11.4. The molecule has 0 aromatic heterocycles. The molecule has 0 spiro atoms. The van der Waals surface area contributed by atoms with Crippen molar-refractivity contribution >= 4 is 0 Å². The van der Waals surface area contributed by atoms with E-state index in [0.717, 1.165) is 32.2 Å². The highest BCUT2D eigenvalue weighted by atomic mass is 16.3. The van der Waals surface area contributed by atoms with Crippen molar-refractivity contribution in [2.45, 2.75) is 19.0 Å². The Balaban J connectivity index is 1.54. The second-order valence-corrected chi connectivity index (χ2v) is 5.63. The van der Waals surface area contributed by atoms with E-state index in [-0.39, 0.29) is 0 Å². The molecule has 2 aliphatic rings. The summed E-state index contributed by atoms with van der Waals surface area (Å²) in [5.74, 6) is 0.371. The molecule has 1 aromatic rings. The Hall–Kier alpha value is -1.10. The third kappa shape index (κ3) is 3.26. The molecule has 2 aliphatic heterocycles. The number of likely N-dealkylation sites (tertiary alicyclic amines) is 1. The molecule has 1 unspecified atom stereocenters. The summed E-state index contributed by atoms with van der Waals surface area (Å²) < 4.78 is 0. The Labute approximate surface area is 115 Å². The number of aromatic hydroxyl groups is 1. The van der Waals surface area contributed by atoms with Crippen LogP contribution < -0.4 is 5.32 Å². The number of nitrogens with zero attached hydrogens (tertiary/aromatic N) is 2. The van der Waals surface area contributed by atoms with Crippen molar-refractivity contribution in [3.8, 4) is 5.75 Å². The lowest BCUT2D eigenvalue weighted by molar-refractivity contribution is 0.170. The van der Waals surface area contributed by atoms with Crippen LogP contribution in [0.5, 0.6) is 5.75 Å². The number of piperazine rings is 1. The van der Waals surface area contributed by atoms with E-state index in [1.807, 2.05) is 12.1 Å². The fraction of sp³-hybridized carbons (Fsp3) is 0.600. The van der Waals surface area contributed by atoms with Gasteiger partial charge in [-0.1, -0.05) is 12.1 Å². The third-order valence-electron chi connectivity index (χ3n) is 4.23. The molecule has 2 heterocycles. The largest absolute Gasteiger partial charge is 0.508 e. The minimum Gasteiger partial charge on any atom is -0.508 e. The van der Waals surface area contributed by atoms with Gasteiger partial charge in [0.15, 0.2) is 0 Å². The van der Waals surface area contributed by atoms with Crippen LogP contribution in [-0.2, 0) is 6.54 Å². The molecule has 104 valence electrons. The van der Waals surface area contributed by atoms with E-state index in [0.29, 0.717) is 5.75 Å². The van der Waals surface area contributed by atoms with Crippen LogP contribution in [-0.4, -0.2) is 60.2 Å². The van der Waals surface area contributed by atoms with E-state index in [1.165, 1.54) is 31.6 Å². The average Bonchev–Trinajstić information content (AvgIpc) is 2.88. The van der Waals surface area contributed by atoms with Crippen LogP contribution >= 0.6 is 0 Å². The van der Waals surface area contributed by atoms with Crippen LogP contribution in [0, 0.1) is 0 Å². The zero-order valence-corrected chi connectivity index (χ0v) is 11.4. The summed E-state index contributed by atoms with van der Waals surface area (Å²) in [5.41, 5.74) is 1.21. The molecule has 0 aliphatic carbocycles. The van der Waals surface area contributed by atoms with E-state index < -0.39 is 0 Å². The molecule has 1 aromatic carbocycles. The Bertz CT molecular complexity index is 418. The van der Waals surface area contributed by atoms with Gasteiger partial charge in [-0.25, -0.2) is 0 Å². The van der Waals surface area contributed by atoms with Gasteiger partial charge in [0.2, 0.25) is 0 Å². The molecule has 0 radical (unpaired) electrons. The Morgan fingerprint density at radius 1 is 1.21 bits per heavy atom. The number of rotatable bonds is 3. The zero-order chi connectivity index (χ0) is 13.1. The quantitative estimate of drug-likeness (QED) is 0.847. The van der Waals surface area contributed by atoms with Gasteiger partial charge in [0.25, 0.3) is 0 Å². The van der Waals surface area contributed by atoms with Gasteiger partial charge in [0.1, 0.15) is 5.75 Å². The highest BCUT2D eigenvalue weighted by Gasteiger charge is 2.28. The van der Waals surface area contributed by atoms with Crippen LogP contribution in [0.4, 0.5) is 0 Å². The third-order valence-corrected chi connectivity index (χ3v) is 4.23. The minimum absolute atomic E-state index is 0.371. The normalized spacial score (nSPS) is 25.8. The monoisotopic (exact) mass is 261 g/mol.